The van der Waals surface area contributed by atoms with Gasteiger partial charge in [0.25, 0.3) is 10.0 Å². The van der Waals surface area contributed by atoms with E-state index in [9.17, 15) is 13.2 Å². The number of aryl methyl sites for hydroxylation is 1. The fourth-order valence-electron chi connectivity index (χ4n) is 3.79. The van der Waals surface area contributed by atoms with E-state index in [1.165, 1.54) is 12.1 Å². The average Bonchev–Trinajstić information content (AvgIpc) is 3.21. The topological polar surface area (TPSA) is 90.3 Å². The quantitative estimate of drug-likeness (QED) is 0.462. The molecule has 0 aliphatic rings. The molecule has 3 aromatic rings. The fraction of sp³-hybridized carbons (Fsp3) is 0.360. The number of aromatic nitrogens is 2. The van der Waals surface area contributed by atoms with Crippen LogP contribution in [-0.2, 0) is 34.1 Å². The Hall–Kier alpha value is -3.20. The Labute approximate surface area is 200 Å². The van der Waals surface area contributed by atoms with Gasteiger partial charge in [-0.25, -0.2) is 27.3 Å². The Morgan fingerprint density at radius 2 is 1.94 bits per heavy atom. The maximum absolute atomic E-state index is 15.1. The number of carbonyl (C=O) groups excluding carboxylic acids is 1. The van der Waals surface area contributed by atoms with Crippen molar-refractivity contribution in [3.8, 4) is 11.1 Å². The fourth-order valence-corrected chi connectivity index (χ4v) is 4.89. The van der Waals surface area contributed by atoms with Gasteiger partial charge in [-0.2, -0.15) is 0 Å². The summed E-state index contributed by atoms with van der Waals surface area (Å²) in [6.45, 7) is 8.03. The van der Waals surface area contributed by atoms with Crippen LogP contribution in [0.15, 0.2) is 53.7 Å². The third-order valence-corrected chi connectivity index (χ3v) is 6.66. The van der Waals surface area contributed by atoms with Crippen LogP contribution in [0.25, 0.3) is 11.1 Å². The molecule has 0 saturated heterocycles. The highest BCUT2D eigenvalue weighted by atomic mass is 32.2. The summed E-state index contributed by atoms with van der Waals surface area (Å²) >= 11 is 0. The van der Waals surface area contributed by atoms with Crippen molar-refractivity contribution >= 4 is 16.1 Å². The summed E-state index contributed by atoms with van der Waals surface area (Å²) in [5.74, 6) is 0.738. The predicted octanol–water partition coefficient (Wildman–Crippen LogP) is 4.93. The minimum absolute atomic E-state index is 0.0326. The van der Waals surface area contributed by atoms with Gasteiger partial charge in [-0.3, -0.25) is 0 Å². The van der Waals surface area contributed by atoms with Crippen molar-refractivity contribution in [2.24, 2.45) is 5.92 Å². The van der Waals surface area contributed by atoms with Crippen LogP contribution in [0.5, 0.6) is 0 Å². The number of nitrogens with zero attached hydrogens (tertiary/aromatic N) is 2. The number of sulfonamides is 1. The first-order valence-electron chi connectivity index (χ1n) is 11.3. The largest absolute Gasteiger partial charge is 0.449 e. The summed E-state index contributed by atoms with van der Waals surface area (Å²) in [6.07, 6.45) is 3.86. The molecule has 0 atom stereocenters. The van der Waals surface area contributed by atoms with E-state index in [1.807, 2.05) is 16.2 Å². The Balaban J connectivity index is 2.04. The van der Waals surface area contributed by atoms with E-state index in [4.69, 9.17) is 4.74 Å². The molecule has 0 aliphatic heterocycles. The minimum Gasteiger partial charge on any atom is -0.449 e. The number of hydrogen-bond acceptors (Lipinski definition) is 5. The Kier molecular flexibility index (Phi) is 8.09. The summed E-state index contributed by atoms with van der Waals surface area (Å²) in [6, 6.07) is 9.56. The Morgan fingerprint density at radius 1 is 1.18 bits per heavy atom. The molecule has 1 amide bonds. The molecular formula is C25H30FN3O4S. The molecule has 34 heavy (non-hydrogen) atoms. The second-order valence-electron chi connectivity index (χ2n) is 8.39. The molecule has 0 aliphatic carbocycles. The number of amides is 1. The van der Waals surface area contributed by atoms with Crippen molar-refractivity contribution < 1.29 is 22.3 Å². The van der Waals surface area contributed by atoms with Gasteiger partial charge in [-0.05, 0) is 48.6 Å². The molecule has 0 spiro atoms. The number of rotatable bonds is 9. The SMILES string of the molecule is CCOC(=O)NS(=O)(=O)c1ccc(CC(C)C)cc1-c1ccc(Cn2ccnc2CC)c(F)c1. The molecule has 1 heterocycles. The molecule has 0 fully saturated rings. The van der Waals surface area contributed by atoms with Crippen LogP contribution in [0, 0.1) is 11.7 Å². The number of imidazole rings is 1. The van der Waals surface area contributed by atoms with Gasteiger partial charge in [0.1, 0.15) is 11.6 Å². The third-order valence-electron chi connectivity index (χ3n) is 5.29. The standard InChI is InChI=1S/C25H30FN3O4S/c1-5-24-27-11-12-29(24)16-20-9-8-19(15-22(20)26)21-14-18(13-17(3)4)7-10-23(21)34(31,32)28-25(30)33-6-2/h7-12,14-15,17H,5-6,13,16H2,1-4H3,(H,28,30). The van der Waals surface area contributed by atoms with Crippen LogP contribution in [-0.4, -0.2) is 30.7 Å². The van der Waals surface area contributed by atoms with Gasteiger partial charge in [0.05, 0.1) is 18.0 Å². The van der Waals surface area contributed by atoms with Crippen molar-refractivity contribution in [3.05, 3.63) is 71.6 Å². The Bertz CT molecular complexity index is 1270. The molecule has 2 aromatic carbocycles. The summed E-state index contributed by atoms with van der Waals surface area (Å²) in [7, 11) is -4.24. The number of ether oxygens (including phenoxy) is 1. The molecule has 3 rings (SSSR count). The van der Waals surface area contributed by atoms with Gasteiger partial charge in [-0.1, -0.05) is 39.0 Å². The summed E-state index contributed by atoms with van der Waals surface area (Å²) < 4.78 is 49.6. The van der Waals surface area contributed by atoms with Crippen LogP contribution in [0.4, 0.5) is 9.18 Å². The van der Waals surface area contributed by atoms with Gasteiger partial charge >= 0.3 is 6.09 Å². The number of benzene rings is 2. The molecule has 182 valence electrons. The number of halogens is 1. The second kappa shape index (κ2) is 10.8. The molecule has 1 aromatic heterocycles. The maximum Gasteiger partial charge on any atom is 0.421 e. The highest BCUT2D eigenvalue weighted by Crippen LogP contribution is 2.31. The van der Waals surface area contributed by atoms with Crippen LogP contribution in [0.1, 0.15) is 44.6 Å². The first-order valence-corrected chi connectivity index (χ1v) is 12.7. The number of hydrogen-bond donors (Lipinski definition) is 1. The molecule has 7 nitrogen and oxygen atoms in total. The lowest BCUT2D eigenvalue weighted by Crippen LogP contribution is -2.31. The van der Waals surface area contributed by atoms with Gasteiger partial charge in [0.2, 0.25) is 0 Å². The maximum atomic E-state index is 15.1. The average molecular weight is 488 g/mol. The zero-order valence-electron chi connectivity index (χ0n) is 19.8. The van der Waals surface area contributed by atoms with E-state index >= 15 is 4.39 Å². The zero-order valence-corrected chi connectivity index (χ0v) is 20.7. The van der Waals surface area contributed by atoms with Crippen molar-refractivity contribution in [1.82, 2.24) is 14.3 Å². The molecule has 0 bridgehead atoms. The van der Waals surface area contributed by atoms with Crippen LogP contribution in [0.3, 0.4) is 0 Å². The van der Waals surface area contributed by atoms with Crippen molar-refractivity contribution in [3.63, 3.8) is 0 Å². The van der Waals surface area contributed by atoms with Gasteiger partial charge in [-0.15, -0.1) is 0 Å². The van der Waals surface area contributed by atoms with Crippen LogP contribution >= 0.6 is 0 Å². The number of nitrogens with one attached hydrogen (secondary N) is 1. The highest BCUT2D eigenvalue weighted by molar-refractivity contribution is 7.90. The lowest BCUT2D eigenvalue weighted by molar-refractivity contribution is 0.158. The molecule has 0 saturated carbocycles. The molecule has 0 radical (unpaired) electrons. The van der Waals surface area contributed by atoms with E-state index in [1.54, 1.807) is 43.6 Å². The van der Waals surface area contributed by atoms with E-state index in [-0.39, 0.29) is 11.5 Å². The zero-order chi connectivity index (χ0) is 24.9. The number of carbonyl (C=O) groups is 1. The van der Waals surface area contributed by atoms with E-state index in [0.717, 1.165) is 24.2 Å². The lowest BCUT2D eigenvalue weighted by atomic mass is 9.97. The van der Waals surface area contributed by atoms with E-state index in [2.05, 4.69) is 18.8 Å². The second-order valence-corrected chi connectivity index (χ2v) is 10.0. The molecule has 9 heteroatoms. The summed E-state index contributed by atoms with van der Waals surface area (Å²) in [5.41, 5.74) is 2.09. The van der Waals surface area contributed by atoms with Crippen molar-refractivity contribution in [2.75, 3.05) is 6.61 Å². The highest BCUT2D eigenvalue weighted by Gasteiger charge is 2.24. The third kappa shape index (κ3) is 6.02. The van der Waals surface area contributed by atoms with E-state index < -0.39 is 21.9 Å². The normalized spacial score (nSPS) is 11.6. The monoisotopic (exact) mass is 487 g/mol. The predicted molar refractivity (Wildman–Crippen MR) is 128 cm³/mol. The first kappa shape index (κ1) is 25.4. The lowest BCUT2D eigenvalue weighted by Gasteiger charge is -2.15. The van der Waals surface area contributed by atoms with Gasteiger partial charge in [0, 0.05) is 29.9 Å². The smallest absolute Gasteiger partial charge is 0.421 e. The molecule has 0 unspecified atom stereocenters. The van der Waals surface area contributed by atoms with Gasteiger partial charge < -0.3 is 9.30 Å². The molecular weight excluding hydrogens is 457 g/mol. The van der Waals surface area contributed by atoms with Gasteiger partial charge in [0.15, 0.2) is 0 Å². The molecule has 1 N–H and O–H groups in total. The van der Waals surface area contributed by atoms with Crippen molar-refractivity contribution in [2.45, 2.75) is 52.0 Å². The van der Waals surface area contributed by atoms with Crippen molar-refractivity contribution in [1.29, 1.82) is 0 Å². The Morgan fingerprint density at radius 3 is 2.59 bits per heavy atom. The van der Waals surface area contributed by atoms with E-state index in [0.29, 0.717) is 29.2 Å². The summed E-state index contributed by atoms with van der Waals surface area (Å²) in [5, 5.41) is 0. The first-order chi connectivity index (χ1) is 16.1. The minimum atomic E-state index is -4.24. The van der Waals surface area contributed by atoms with Crippen LogP contribution in [0.2, 0.25) is 0 Å². The summed E-state index contributed by atoms with van der Waals surface area (Å²) in [4.78, 5) is 16.0. The van der Waals surface area contributed by atoms with Crippen LogP contribution < -0.4 is 4.72 Å².